The van der Waals surface area contributed by atoms with Gasteiger partial charge in [-0.25, -0.2) is 0 Å². The van der Waals surface area contributed by atoms with Crippen LogP contribution in [0.3, 0.4) is 0 Å². The van der Waals surface area contributed by atoms with Gasteiger partial charge in [-0.05, 0) is 42.5 Å². The number of aromatic nitrogens is 2. The number of anilines is 1. The molecule has 0 unspecified atom stereocenters. The van der Waals surface area contributed by atoms with Crippen molar-refractivity contribution in [2.75, 3.05) is 11.9 Å². The zero-order valence-corrected chi connectivity index (χ0v) is 15.4. The second kappa shape index (κ2) is 6.96. The van der Waals surface area contributed by atoms with Crippen LogP contribution in [0.2, 0.25) is 5.02 Å². The maximum Gasteiger partial charge on any atom is 0.292 e. The molecule has 1 atom stereocenters. The average molecular weight is 366 g/mol. The number of hydrogen-bond acceptors (Lipinski definition) is 3. The molecule has 3 aromatic rings. The number of aryl methyl sites for hydroxylation is 1. The number of halogens is 1. The zero-order chi connectivity index (χ0) is 18.1. The van der Waals surface area contributed by atoms with Crippen LogP contribution >= 0.6 is 11.6 Å². The van der Waals surface area contributed by atoms with E-state index in [-0.39, 0.29) is 16.6 Å². The second-order valence-corrected chi connectivity index (χ2v) is 6.99. The van der Waals surface area contributed by atoms with Crippen molar-refractivity contribution in [2.24, 2.45) is 0 Å². The third-order valence-corrected chi connectivity index (χ3v) is 5.44. The first kappa shape index (κ1) is 16.9. The summed E-state index contributed by atoms with van der Waals surface area (Å²) in [6, 6.07) is 18.0. The molecule has 0 N–H and O–H groups in total. The molecule has 0 radical (unpaired) electrons. The topological polar surface area (TPSA) is 38.1 Å². The quantitative estimate of drug-likeness (QED) is 0.690. The van der Waals surface area contributed by atoms with Gasteiger partial charge in [-0.3, -0.25) is 4.79 Å². The highest BCUT2D eigenvalue weighted by atomic mass is 35.5. The summed E-state index contributed by atoms with van der Waals surface area (Å²) in [5.74, 6) is 0. The monoisotopic (exact) mass is 365 g/mol. The van der Waals surface area contributed by atoms with E-state index in [1.807, 2.05) is 37.4 Å². The van der Waals surface area contributed by atoms with Crippen LogP contribution < -0.4 is 10.5 Å². The smallest absolute Gasteiger partial charge is 0.292 e. The number of rotatable bonds is 3. The van der Waals surface area contributed by atoms with E-state index in [0.29, 0.717) is 11.4 Å². The Morgan fingerprint density at radius 3 is 2.65 bits per heavy atom. The summed E-state index contributed by atoms with van der Waals surface area (Å²) >= 11 is 6.47. The van der Waals surface area contributed by atoms with Crippen LogP contribution in [0.5, 0.6) is 0 Å². The van der Waals surface area contributed by atoms with Crippen LogP contribution in [0, 0.1) is 0 Å². The van der Waals surface area contributed by atoms with Gasteiger partial charge in [0.05, 0.1) is 23.6 Å². The third-order valence-electron chi connectivity index (χ3n) is 5.09. The Hall–Kier alpha value is -2.59. The molecule has 0 spiro atoms. The number of para-hydroxylation sites is 1. The fourth-order valence-corrected chi connectivity index (χ4v) is 3.98. The van der Waals surface area contributed by atoms with Gasteiger partial charge in [0, 0.05) is 7.05 Å². The summed E-state index contributed by atoms with van der Waals surface area (Å²) < 4.78 is 1.34. The molecule has 0 saturated heterocycles. The Morgan fingerprint density at radius 2 is 1.85 bits per heavy atom. The molecular formula is C21H20ClN3O. The predicted molar refractivity (Wildman–Crippen MR) is 105 cm³/mol. The Balaban J connectivity index is 1.73. The molecular weight excluding hydrogens is 346 g/mol. The van der Waals surface area contributed by atoms with Crippen molar-refractivity contribution >= 4 is 17.3 Å². The van der Waals surface area contributed by atoms with E-state index in [1.165, 1.54) is 15.8 Å². The number of fused-ring (bicyclic) bond motifs is 1. The minimum absolute atomic E-state index is 0.200. The molecule has 2 aromatic carbocycles. The van der Waals surface area contributed by atoms with Crippen LogP contribution in [-0.2, 0) is 6.42 Å². The van der Waals surface area contributed by atoms with Gasteiger partial charge < -0.3 is 4.90 Å². The third kappa shape index (κ3) is 2.90. The highest BCUT2D eigenvalue weighted by Crippen LogP contribution is 2.37. The van der Waals surface area contributed by atoms with Crippen molar-refractivity contribution in [3.8, 4) is 5.69 Å². The fraction of sp³-hybridized carbons (Fsp3) is 0.238. The van der Waals surface area contributed by atoms with Crippen LogP contribution in [0.15, 0.2) is 65.6 Å². The molecule has 0 aliphatic heterocycles. The Labute approximate surface area is 157 Å². The first-order valence-corrected chi connectivity index (χ1v) is 9.18. The van der Waals surface area contributed by atoms with Crippen molar-refractivity contribution in [3.63, 3.8) is 0 Å². The van der Waals surface area contributed by atoms with Crippen molar-refractivity contribution in [1.82, 2.24) is 9.78 Å². The minimum atomic E-state index is -0.300. The van der Waals surface area contributed by atoms with E-state index in [4.69, 9.17) is 11.6 Å². The summed E-state index contributed by atoms with van der Waals surface area (Å²) in [6.07, 6.45) is 4.94. The highest BCUT2D eigenvalue weighted by molar-refractivity contribution is 6.33. The molecule has 0 amide bonds. The van der Waals surface area contributed by atoms with E-state index < -0.39 is 0 Å². The van der Waals surface area contributed by atoms with Crippen molar-refractivity contribution in [1.29, 1.82) is 0 Å². The predicted octanol–water partition coefficient (Wildman–Crippen LogP) is 4.40. The van der Waals surface area contributed by atoms with Gasteiger partial charge in [-0.2, -0.15) is 9.78 Å². The van der Waals surface area contributed by atoms with Gasteiger partial charge in [-0.15, -0.1) is 0 Å². The maximum absolute atomic E-state index is 12.8. The van der Waals surface area contributed by atoms with E-state index in [1.54, 1.807) is 6.20 Å². The molecule has 5 heteroatoms. The molecule has 0 fully saturated rings. The van der Waals surface area contributed by atoms with Crippen LogP contribution in [0.4, 0.5) is 5.69 Å². The van der Waals surface area contributed by atoms with Crippen LogP contribution in [-0.4, -0.2) is 16.8 Å². The van der Waals surface area contributed by atoms with Gasteiger partial charge in [-0.1, -0.05) is 54.1 Å². The SMILES string of the molecule is CN(c1cnn(-c2ccccc2)c(=O)c1Cl)[C@@H]1CCCc2ccccc21. The molecule has 1 aliphatic rings. The number of hydrogen-bond donors (Lipinski definition) is 0. The summed E-state index contributed by atoms with van der Waals surface area (Å²) in [5.41, 5.74) is 3.76. The highest BCUT2D eigenvalue weighted by Gasteiger charge is 2.26. The molecule has 1 aromatic heterocycles. The standard InChI is InChI=1S/C21H20ClN3O/c1-24(18-13-7-9-15-8-5-6-12-17(15)18)19-14-23-25(21(26)20(19)22)16-10-3-2-4-11-16/h2-6,8,10-12,14,18H,7,9,13H2,1H3/t18-/m1/s1. The summed E-state index contributed by atoms with van der Waals surface area (Å²) in [5, 5.41) is 4.56. The number of benzene rings is 2. The Bertz CT molecular complexity index is 984. The first-order chi connectivity index (χ1) is 12.7. The Morgan fingerprint density at radius 1 is 1.12 bits per heavy atom. The lowest BCUT2D eigenvalue weighted by Gasteiger charge is -2.35. The van der Waals surface area contributed by atoms with Crippen LogP contribution in [0.25, 0.3) is 5.69 Å². The lowest BCUT2D eigenvalue weighted by molar-refractivity contribution is 0.543. The Kier molecular flexibility index (Phi) is 4.51. The lowest BCUT2D eigenvalue weighted by Crippen LogP contribution is -2.31. The zero-order valence-electron chi connectivity index (χ0n) is 14.6. The lowest BCUT2D eigenvalue weighted by atomic mass is 9.87. The summed E-state index contributed by atoms with van der Waals surface area (Å²) in [4.78, 5) is 14.9. The van der Waals surface area contributed by atoms with Crippen molar-refractivity contribution in [3.05, 3.63) is 87.3 Å². The summed E-state index contributed by atoms with van der Waals surface area (Å²) in [6.45, 7) is 0. The van der Waals surface area contributed by atoms with E-state index in [0.717, 1.165) is 19.3 Å². The van der Waals surface area contributed by atoms with Crippen molar-refractivity contribution in [2.45, 2.75) is 25.3 Å². The average Bonchev–Trinajstić information content (AvgIpc) is 2.70. The normalized spacial score (nSPS) is 16.2. The first-order valence-electron chi connectivity index (χ1n) is 8.80. The van der Waals surface area contributed by atoms with Gasteiger partial charge in [0.1, 0.15) is 5.02 Å². The molecule has 4 nitrogen and oxygen atoms in total. The van der Waals surface area contributed by atoms with Crippen molar-refractivity contribution < 1.29 is 0 Å². The van der Waals surface area contributed by atoms with E-state index in [2.05, 4.69) is 34.3 Å². The molecule has 0 bridgehead atoms. The minimum Gasteiger partial charge on any atom is -0.365 e. The molecule has 4 rings (SSSR count). The van der Waals surface area contributed by atoms with Gasteiger partial charge in [0.25, 0.3) is 5.56 Å². The molecule has 1 heterocycles. The maximum atomic E-state index is 12.8. The van der Waals surface area contributed by atoms with E-state index >= 15 is 0 Å². The molecule has 132 valence electrons. The molecule has 1 aliphatic carbocycles. The molecule has 26 heavy (non-hydrogen) atoms. The van der Waals surface area contributed by atoms with Crippen LogP contribution in [0.1, 0.15) is 30.0 Å². The van der Waals surface area contributed by atoms with Gasteiger partial charge in [0.2, 0.25) is 0 Å². The second-order valence-electron chi connectivity index (χ2n) is 6.61. The van der Waals surface area contributed by atoms with E-state index in [9.17, 15) is 4.79 Å². The van der Waals surface area contributed by atoms with Gasteiger partial charge >= 0.3 is 0 Å². The largest absolute Gasteiger partial charge is 0.365 e. The molecule has 0 saturated carbocycles. The van der Waals surface area contributed by atoms with Gasteiger partial charge in [0.15, 0.2) is 0 Å². The fourth-order valence-electron chi connectivity index (χ4n) is 3.72. The number of nitrogens with zero attached hydrogens (tertiary/aromatic N) is 3. The summed E-state index contributed by atoms with van der Waals surface area (Å²) in [7, 11) is 1.99.